The number of hydrogen-bond donors (Lipinski definition) is 1. The molecule has 0 radical (unpaired) electrons. The molecule has 4 atom stereocenters. The number of alkyl halides is 1. The maximum absolute atomic E-state index is 14.5. The lowest BCUT2D eigenvalue weighted by Crippen LogP contribution is -2.45. The van der Waals surface area contributed by atoms with E-state index < -0.39 is 24.0 Å². The number of rotatable bonds is 5. The zero-order chi connectivity index (χ0) is 21.1. The minimum absolute atomic E-state index is 0.210. The molecular formula is C24H23F2N3O. The van der Waals surface area contributed by atoms with Gasteiger partial charge in [0.25, 0.3) is 0 Å². The van der Waals surface area contributed by atoms with Crippen LogP contribution in [0.1, 0.15) is 17.2 Å². The van der Waals surface area contributed by atoms with Crippen LogP contribution in [0.4, 0.5) is 8.78 Å². The van der Waals surface area contributed by atoms with E-state index in [0.29, 0.717) is 12.0 Å². The largest absolute Gasteiger partial charge is 0.327 e. The molecule has 3 unspecified atom stereocenters. The average molecular weight is 407 g/mol. The lowest BCUT2D eigenvalue weighted by atomic mass is 9.90. The number of aromatic nitrogens is 1. The average Bonchev–Trinajstić information content (AvgIpc) is 3.21. The molecule has 6 heteroatoms. The Morgan fingerprint density at radius 1 is 1.20 bits per heavy atom. The number of nitrogens with zero attached hydrogens (tertiary/aromatic N) is 2. The summed E-state index contributed by atoms with van der Waals surface area (Å²) in [5, 5.41) is 0. The molecule has 2 heterocycles. The summed E-state index contributed by atoms with van der Waals surface area (Å²) in [6, 6.07) is 12.1. The summed E-state index contributed by atoms with van der Waals surface area (Å²) in [5.74, 6) is -1.43. The highest BCUT2D eigenvalue weighted by Crippen LogP contribution is 2.37. The molecule has 2 aliphatic rings. The Morgan fingerprint density at radius 3 is 2.73 bits per heavy atom. The molecular weight excluding hydrogens is 384 g/mol. The van der Waals surface area contributed by atoms with E-state index in [9.17, 15) is 13.6 Å². The van der Waals surface area contributed by atoms with Crippen molar-refractivity contribution in [2.75, 3.05) is 6.54 Å². The highest BCUT2D eigenvalue weighted by atomic mass is 19.1. The first-order valence-electron chi connectivity index (χ1n) is 9.93. The van der Waals surface area contributed by atoms with Gasteiger partial charge in [0.15, 0.2) is 0 Å². The molecule has 2 N–H and O–H groups in total. The van der Waals surface area contributed by atoms with Crippen LogP contribution in [0.5, 0.6) is 0 Å². The zero-order valence-corrected chi connectivity index (χ0v) is 16.4. The number of halogens is 2. The van der Waals surface area contributed by atoms with Crippen molar-refractivity contribution in [2.24, 2.45) is 11.7 Å². The van der Waals surface area contributed by atoms with E-state index in [-0.39, 0.29) is 18.5 Å². The van der Waals surface area contributed by atoms with Crippen molar-refractivity contribution in [1.29, 1.82) is 0 Å². The Balaban J connectivity index is 1.60. The molecule has 0 saturated heterocycles. The number of amides is 1. The van der Waals surface area contributed by atoms with Crippen LogP contribution in [0.25, 0.3) is 0 Å². The summed E-state index contributed by atoms with van der Waals surface area (Å²) in [4.78, 5) is 19.0. The van der Waals surface area contributed by atoms with Gasteiger partial charge in [0.05, 0.1) is 12.1 Å². The molecule has 1 aliphatic heterocycles. The first-order valence-corrected chi connectivity index (χ1v) is 9.93. The van der Waals surface area contributed by atoms with Crippen molar-refractivity contribution in [2.45, 2.75) is 24.7 Å². The SMILES string of the molecule is N[C@@H](Cc1cccnc1)C(=O)N1CC(C2C=C(F)C=CC2F)=CC1c1ccccc1. The van der Waals surface area contributed by atoms with E-state index in [2.05, 4.69) is 4.98 Å². The number of carbonyl (C=O) groups is 1. The molecule has 0 saturated carbocycles. The Hall–Kier alpha value is -3.12. The fourth-order valence-corrected chi connectivity index (χ4v) is 4.01. The van der Waals surface area contributed by atoms with Gasteiger partial charge in [-0.15, -0.1) is 0 Å². The topological polar surface area (TPSA) is 59.2 Å². The van der Waals surface area contributed by atoms with E-state index in [1.54, 1.807) is 23.4 Å². The lowest BCUT2D eigenvalue weighted by Gasteiger charge is -2.28. The predicted molar refractivity (Wildman–Crippen MR) is 112 cm³/mol. The van der Waals surface area contributed by atoms with Crippen molar-refractivity contribution in [1.82, 2.24) is 9.88 Å². The Labute approximate surface area is 174 Å². The molecule has 1 aliphatic carbocycles. The second-order valence-electron chi connectivity index (χ2n) is 7.62. The maximum Gasteiger partial charge on any atom is 0.240 e. The minimum atomic E-state index is -1.33. The molecule has 4 rings (SSSR count). The number of allylic oxidation sites excluding steroid dienone is 4. The molecule has 2 aromatic rings. The van der Waals surface area contributed by atoms with Crippen LogP contribution in [0.15, 0.2) is 90.6 Å². The Kier molecular flexibility index (Phi) is 5.86. The summed E-state index contributed by atoms with van der Waals surface area (Å²) in [5.41, 5.74) is 8.69. The van der Waals surface area contributed by atoms with Crippen LogP contribution in [-0.2, 0) is 11.2 Å². The maximum atomic E-state index is 14.5. The number of nitrogens with two attached hydrogens (primary N) is 1. The van der Waals surface area contributed by atoms with E-state index >= 15 is 0 Å². The number of hydrogen-bond acceptors (Lipinski definition) is 3. The molecule has 0 fully saturated rings. The van der Waals surface area contributed by atoms with Crippen LogP contribution in [0.3, 0.4) is 0 Å². The molecule has 1 aromatic heterocycles. The van der Waals surface area contributed by atoms with Crippen LogP contribution in [0.2, 0.25) is 0 Å². The van der Waals surface area contributed by atoms with Crippen molar-refractivity contribution < 1.29 is 13.6 Å². The number of pyridine rings is 1. The van der Waals surface area contributed by atoms with Gasteiger partial charge in [0.1, 0.15) is 12.0 Å². The Morgan fingerprint density at radius 2 is 2.00 bits per heavy atom. The standard InChI is InChI=1S/C24H23F2N3O/c25-19-8-9-21(26)20(13-19)18-12-23(17-6-2-1-3-7-17)29(15-18)24(30)22(27)11-16-5-4-10-28-14-16/h1-10,12-14,20-23H,11,15,27H2/t20?,21?,22-,23?/m0/s1. The fourth-order valence-electron chi connectivity index (χ4n) is 4.01. The molecule has 154 valence electrons. The van der Waals surface area contributed by atoms with Crippen molar-refractivity contribution in [3.05, 3.63) is 102 Å². The summed E-state index contributed by atoms with van der Waals surface area (Å²) in [7, 11) is 0. The van der Waals surface area contributed by atoms with Gasteiger partial charge in [-0.05, 0) is 47.4 Å². The second kappa shape index (κ2) is 8.71. The van der Waals surface area contributed by atoms with Gasteiger partial charge in [-0.25, -0.2) is 8.78 Å². The smallest absolute Gasteiger partial charge is 0.240 e. The van der Waals surface area contributed by atoms with E-state index in [1.807, 2.05) is 42.5 Å². The summed E-state index contributed by atoms with van der Waals surface area (Å²) in [6.45, 7) is 0.210. The Bertz CT molecular complexity index is 988. The third-order valence-electron chi connectivity index (χ3n) is 5.53. The van der Waals surface area contributed by atoms with Gasteiger partial charge in [0, 0.05) is 24.9 Å². The van der Waals surface area contributed by atoms with Gasteiger partial charge in [-0.1, -0.05) is 42.5 Å². The lowest BCUT2D eigenvalue weighted by molar-refractivity contribution is -0.133. The van der Waals surface area contributed by atoms with Crippen molar-refractivity contribution in [3.63, 3.8) is 0 Å². The highest BCUT2D eigenvalue weighted by molar-refractivity contribution is 5.83. The minimum Gasteiger partial charge on any atom is -0.327 e. The van der Waals surface area contributed by atoms with Gasteiger partial charge in [-0.2, -0.15) is 0 Å². The van der Waals surface area contributed by atoms with Crippen LogP contribution >= 0.6 is 0 Å². The quantitative estimate of drug-likeness (QED) is 0.767. The second-order valence-corrected chi connectivity index (χ2v) is 7.62. The van der Waals surface area contributed by atoms with Gasteiger partial charge in [0.2, 0.25) is 5.91 Å². The van der Waals surface area contributed by atoms with E-state index in [1.165, 1.54) is 12.2 Å². The normalized spacial score (nSPS) is 24.4. The summed E-state index contributed by atoms with van der Waals surface area (Å²) >= 11 is 0. The molecule has 0 bridgehead atoms. The predicted octanol–water partition coefficient (Wildman–Crippen LogP) is 3.84. The highest BCUT2D eigenvalue weighted by Gasteiger charge is 2.37. The third kappa shape index (κ3) is 4.24. The summed E-state index contributed by atoms with van der Waals surface area (Å²) < 4.78 is 28.3. The van der Waals surface area contributed by atoms with Gasteiger partial charge >= 0.3 is 0 Å². The van der Waals surface area contributed by atoms with E-state index in [0.717, 1.165) is 17.2 Å². The van der Waals surface area contributed by atoms with Gasteiger partial charge in [-0.3, -0.25) is 9.78 Å². The first kappa shape index (κ1) is 20.2. The van der Waals surface area contributed by atoms with Crippen LogP contribution in [-0.4, -0.2) is 34.5 Å². The number of carbonyl (C=O) groups excluding carboxylic acids is 1. The molecule has 1 aromatic carbocycles. The molecule has 1 amide bonds. The molecule has 30 heavy (non-hydrogen) atoms. The third-order valence-corrected chi connectivity index (χ3v) is 5.53. The fraction of sp³-hybridized carbons (Fsp3) is 0.250. The van der Waals surface area contributed by atoms with Gasteiger partial charge < -0.3 is 10.6 Å². The van der Waals surface area contributed by atoms with Crippen molar-refractivity contribution >= 4 is 5.91 Å². The van der Waals surface area contributed by atoms with Crippen LogP contribution < -0.4 is 5.73 Å². The summed E-state index contributed by atoms with van der Waals surface area (Å²) in [6.07, 6.45) is 7.88. The van der Waals surface area contributed by atoms with E-state index in [4.69, 9.17) is 5.73 Å². The zero-order valence-electron chi connectivity index (χ0n) is 16.4. The first-order chi connectivity index (χ1) is 14.5. The monoisotopic (exact) mass is 407 g/mol. The van der Waals surface area contributed by atoms with Crippen LogP contribution in [0, 0.1) is 5.92 Å². The number of benzene rings is 1. The van der Waals surface area contributed by atoms with Crippen molar-refractivity contribution in [3.8, 4) is 0 Å². The molecule has 4 nitrogen and oxygen atoms in total. The molecule has 0 spiro atoms.